The predicted molar refractivity (Wildman–Crippen MR) is 169 cm³/mol. The summed E-state index contributed by atoms with van der Waals surface area (Å²) in [5.74, 6) is -1.81. The Morgan fingerprint density at radius 2 is 0.463 bits per heavy atom. The minimum atomic E-state index is -0.903. The molecule has 0 aliphatic rings. The van der Waals surface area contributed by atoms with Crippen molar-refractivity contribution >= 4 is 11.9 Å². The van der Waals surface area contributed by atoms with E-state index in [1.165, 1.54) is 167 Å². The van der Waals surface area contributed by atoms with Gasteiger partial charge in [0, 0.05) is 11.9 Å². The summed E-state index contributed by atoms with van der Waals surface area (Å²) >= 11 is 0. The van der Waals surface area contributed by atoms with Gasteiger partial charge in [-0.1, -0.05) is 194 Å². The molecule has 0 saturated carbocycles. The zero-order valence-corrected chi connectivity index (χ0v) is 28.6. The van der Waals surface area contributed by atoms with Crippen LogP contribution in [0.2, 0.25) is 0 Å². The predicted octanol–water partition coefficient (Wildman–Crippen LogP) is 9.99. The summed E-state index contributed by atoms with van der Waals surface area (Å²) in [6.07, 6.45) is 39.7. The third-order valence-corrected chi connectivity index (χ3v) is 7.97. The van der Waals surface area contributed by atoms with Crippen LogP contribution in [0, 0.1) is 0 Å². The van der Waals surface area contributed by atoms with Crippen LogP contribution in [0.15, 0.2) is 0 Å². The first-order chi connectivity index (χ1) is 19.5. The van der Waals surface area contributed by atoms with E-state index < -0.39 is 11.9 Å². The van der Waals surface area contributed by atoms with E-state index in [-0.39, 0.29) is 29.6 Å². The molecule has 0 fully saturated rings. The van der Waals surface area contributed by atoms with E-state index in [9.17, 15) is 19.8 Å². The number of aliphatic carboxylic acids is 2. The Bertz CT molecular complexity index is 454. The molecular formula is C36H70CoO4. The molecule has 0 spiro atoms. The van der Waals surface area contributed by atoms with Crippen molar-refractivity contribution in [2.45, 2.75) is 219 Å². The Morgan fingerprint density at radius 3 is 0.610 bits per heavy atom. The van der Waals surface area contributed by atoms with Crippen molar-refractivity contribution in [2.75, 3.05) is 0 Å². The van der Waals surface area contributed by atoms with Gasteiger partial charge in [-0.3, -0.25) is 0 Å². The van der Waals surface area contributed by atoms with Crippen molar-refractivity contribution in [3.05, 3.63) is 0 Å². The Kier molecular flexibility index (Phi) is 45.5. The second-order valence-electron chi connectivity index (χ2n) is 12.1. The Balaban J connectivity index is -0.000000688. The molecule has 0 aromatic carbocycles. The first-order valence-corrected chi connectivity index (χ1v) is 17.9. The van der Waals surface area contributed by atoms with E-state index in [0.29, 0.717) is 0 Å². The molecule has 5 heteroatoms. The summed E-state index contributed by atoms with van der Waals surface area (Å²) in [6.45, 7) is 4.53. The molecule has 0 aromatic rings. The van der Waals surface area contributed by atoms with Gasteiger partial charge >= 0.3 is 16.8 Å². The molecule has 0 unspecified atom stereocenters. The van der Waals surface area contributed by atoms with Gasteiger partial charge in [0.15, 0.2) is 0 Å². The van der Waals surface area contributed by atoms with Gasteiger partial charge in [-0.25, -0.2) is 0 Å². The maximum atomic E-state index is 10.2. The molecule has 0 amide bonds. The minimum Gasteiger partial charge on any atom is -0.550 e. The largest absolute Gasteiger partial charge is 2.00 e. The summed E-state index contributed by atoms with van der Waals surface area (Å²) in [5.41, 5.74) is 0. The van der Waals surface area contributed by atoms with E-state index in [2.05, 4.69) is 13.8 Å². The van der Waals surface area contributed by atoms with Crippen molar-refractivity contribution in [1.29, 1.82) is 0 Å². The van der Waals surface area contributed by atoms with Gasteiger partial charge in [-0.15, -0.1) is 0 Å². The minimum absolute atomic E-state index is 0. The molecular weight excluding hydrogens is 555 g/mol. The molecule has 4 nitrogen and oxygen atoms in total. The van der Waals surface area contributed by atoms with E-state index in [1.807, 2.05) is 0 Å². The van der Waals surface area contributed by atoms with Gasteiger partial charge in [-0.05, 0) is 25.7 Å². The average Bonchev–Trinajstić information content (AvgIpc) is 2.93. The molecule has 0 N–H and O–H groups in total. The second kappa shape index (κ2) is 41.6. The van der Waals surface area contributed by atoms with Crippen LogP contribution in [0.3, 0.4) is 0 Å². The van der Waals surface area contributed by atoms with Crippen LogP contribution in [-0.2, 0) is 26.4 Å². The van der Waals surface area contributed by atoms with E-state index in [1.54, 1.807) is 0 Å². The third-order valence-electron chi connectivity index (χ3n) is 7.97. The van der Waals surface area contributed by atoms with Crippen molar-refractivity contribution in [3.8, 4) is 0 Å². The van der Waals surface area contributed by atoms with Crippen LogP contribution in [0.25, 0.3) is 0 Å². The standard InChI is InChI=1S/2C18H36O2.Co/c2*1-2-3-4-5-6-7-8-9-10-11-12-13-14-15-16-17-18(19)20;/h2*2-17H2,1H3,(H,19,20);/q;;+2/p-2. The van der Waals surface area contributed by atoms with Gasteiger partial charge in [-0.2, -0.15) is 0 Å². The van der Waals surface area contributed by atoms with Crippen LogP contribution in [-0.4, -0.2) is 11.9 Å². The normalized spacial score (nSPS) is 10.6. The number of rotatable bonds is 32. The number of carbonyl (C=O) groups is 2. The second-order valence-corrected chi connectivity index (χ2v) is 12.1. The zero-order chi connectivity index (χ0) is 29.8. The van der Waals surface area contributed by atoms with Gasteiger partial charge in [0.2, 0.25) is 0 Å². The fraction of sp³-hybridized carbons (Fsp3) is 0.944. The Morgan fingerprint density at radius 1 is 0.317 bits per heavy atom. The van der Waals surface area contributed by atoms with E-state index in [4.69, 9.17) is 0 Å². The van der Waals surface area contributed by atoms with Gasteiger partial charge < -0.3 is 19.8 Å². The Labute approximate surface area is 267 Å². The van der Waals surface area contributed by atoms with Crippen molar-refractivity contribution in [1.82, 2.24) is 0 Å². The van der Waals surface area contributed by atoms with Crippen LogP contribution >= 0.6 is 0 Å². The molecule has 0 rings (SSSR count). The third kappa shape index (κ3) is 49.4. The molecule has 41 heavy (non-hydrogen) atoms. The average molecular weight is 626 g/mol. The smallest absolute Gasteiger partial charge is 0.550 e. The zero-order valence-electron chi connectivity index (χ0n) is 27.6. The molecule has 0 heterocycles. The van der Waals surface area contributed by atoms with E-state index >= 15 is 0 Å². The number of carboxylic acids is 2. The molecule has 0 aromatic heterocycles. The van der Waals surface area contributed by atoms with Crippen molar-refractivity contribution in [2.24, 2.45) is 0 Å². The monoisotopic (exact) mass is 625 g/mol. The molecule has 0 aliphatic heterocycles. The van der Waals surface area contributed by atoms with Crippen LogP contribution in [0.5, 0.6) is 0 Å². The number of carbonyl (C=O) groups excluding carboxylic acids is 2. The topological polar surface area (TPSA) is 80.3 Å². The number of hydrogen-bond donors (Lipinski definition) is 0. The molecule has 0 atom stereocenters. The maximum Gasteiger partial charge on any atom is 2.00 e. The van der Waals surface area contributed by atoms with Gasteiger partial charge in [0.05, 0.1) is 0 Å². The van der Waals surface area contributed by atoms with Crippen molar-refractivity contribution < 1.29 is 36.6 Å². The van der Waals surface area contributed by atoms with Gasteiger partial charge in [0.25, 0.3) is 0 Å². The number of hydrogen-bond acceptors (Lipinski definition) is 4. The Hall–Kier alpha value is -0.554. The van der Waals surface area contributed by atoms with Crippen LogP contribution < -0.4 is 10.2 Å². The number of carboxylic acid groups (broad SMARTS) is 2. The van der Waals surface area contributed by atoms with Crippen LogP contribution in [0.1, 0.15) is 219 Å². The first-order valence-electron chi connectivity index (χ1n) is 17.9. The van der Waals surface area contributed by atoms with Crippen LogP contribution in [0.4, 0.5) is 0 Å². The summed E-state index contributed by atoms with van der Waals surface area (Å²) in [6, 6.07) is 0. The molecule has 0 aliphatic carbocycles. The molecule has 0 bridgehead atoms. The maximum absolute atomic E-state index is 10.2. The van der Waals surface area contributed by atoms with Gasteiger partial charge in [0.1, 0.15) is 0 Å². The quantitative estimate of drug-likeness (QED) is 0.0697. The van der Waals surface area contributed by atoms with E-state index in [0.717, 1.165) is 25.7 Å². The molecule has 0 saturated heterocycles. The number of unbranched alkanes of at least 4 members (excludes halogenated alkanes) is 28. The summed E-state index contributed by atoms with van der Waals surface area (Å²) in [4.78, 5) is 20.4. The molecule has 1 radical (unpaired) electrons. The fourth-order valence-electron chi connectivity index (χ4n) is 5.28. The SMILES string of the molecule is CCCCCCCCCCCCCCCCCC(=O)[O-].CCCCCCCCCCCCCCCCCC(=O)[O-].[Co+2]. The molecule has 247 valence electrons. The van der Waals surface area contributed by atoms with Crippen molar-refractivity contribution in [3.63, 3.8) is 0 Å². The first kappa shape index (κ1) is 44.9. The fourth-order valence-corrected chi connectivity index (χ4v) is 5.28. The summed E-state index contributed by atoms with van der Waals surface area (Å²) in [5, 5.41) is 20.4. The summed E-state index contributed by atoms with van der Waals surface area (Å²) < 4.78 is 0. The summed E-state index contributed by atoms with van der Waals surface area (Å²) in [7, 11) is 0.